The normalized spacial score (nSPS) is 20.0. The minimum absolute atomic E-state index is 0.0981. The maximum atomic E-state index is 14.1. The van der Waals surface area contributed by atoms with Crippen molar-refractivity contribution >= 4 is 57.4 Å². The zero-order chi connectivity index (χ0) is 23.3. The van der Waals surface area contributed by atoms with Gasteiger partial charge in [-0.25, -0.2) is 0 Å². The van der Waals surface area contributed by atoms with E-state index in [9.17, 15) is 14.4 Å². The van der Waals surface area contributed by atoms with E-state index in [-0.39, 0.29) is 30.8 Å². The third-order valence-electron chi connectivity index (χ3n) is 6.50. The summed E-state index contributed by atoms with van der Waals surface area (Å²) in [5, 5.41) is 5.25. The summed E-state index contributed by atoms with van der Waals surface area (Å²) in [6.45, 7) is 0.402. The molecule has 0 aliphatic carbocycles. The molecule has 0 unspecified atom stereocenters. The first-order valence-electron chi connectivity index (χ1n) is 10.5. The number of carbonyl (C=O) groups is 3. The van der Waals surface area contributed by atoms with Crippen molar-refractivity contribution in [2.75, 3.05) is 31.6 Å². The molecule has 1 atom stereocenters. The molecule has 7 nitrogen and oxygen atoms in total. The van der Waals surface area contributed by atoms with Crippen molar-refractivity contribution in [1.82, 2.24) is 15.2 Å². The van der Waals surface area contributed by atoms with Crippen molar-refractivity contribution in [1.29, 1.82) is 0 Å². The van der Waals surface area contributed by atoms with Gasteiger partial charge in [0.25, 0.3) is 5.91 Å². The van der Waals surface area contributed by atoms with Crippen molar-refractivity contribution in [2.45, 2.75) is 11.8 Å². The highest BCUT2D eigenvalue weighted by molar-refractivity contribution is 6.32. The van der Waals surface area contributed by atoms with Crippen LogP contribution in [0.25, 0.3) is 10.8 Å². The largest absolute Gasteiger partial charge is 0.358 e. The van der Waals surface area contributed by atoms with E-state index in [1.54, 1.807) is 41.6 Å². The maximum Gasteiger partial charge on any atom is 0.254 e. The Morgan fingerprint density at radius 1 is 1.12 bits per heavy atom. The fourth-order valence-electron chi connectivity index (χ4n) is 4.86. The number of aromatic nitrogens is 1. The van der Waals surface area contributed by atoms with Gasteiger partial charge in [-0.05, 0) is 42.3 Å². The summed E-state index contributed by atoms with van der Waals surface area (Å²) in [5.74, 6) is -0.749. The Kier molecular flexibility index (Phi) is 5.26. The Morgan fingerprint density at radius 2 is 1.88 bits per heavy atom. The number of halogens is 2. The standard InChI is InChI=1S/C24H20Cl2N4O3/c1-27-21(31)12-29-13-24(19-9-16(26)4-5-17(19)22(29)32)6-7-30(23(24)33)20-11-28-10-14-2-3-15(25)8-18(14)20/h2-5,8-11H,6-7,12-13H2,1H3,(H,27,31)/t24-/m1/s1. The van der Waals surface area contributed by atoms with Crippen LogP contribution in [0.1, 0.15) is 22.3 Å². The number of benzene rings is 2. The average molecular weight is 483 g/mol. The molecule has 2 aliphatic heterocycles. The van der Waals surface area contributed by atoms with Crippen LogP contribution in [0, 0.1) is 0 Å². The highest BCUT2D eigenvalue weighted by Gasteiger charge is 2.54. The molecule has 1 fully saturated rings. The van der Waals surface area contributed by atoms with Crippen molar-refractivity contribution in [2.24, 2.45) is 0 Å². The molecule has 0 saturated carbocycles. The Morgan fingerprint density at radius 3 is 2.67 bits per heavy atom. The minimum Gasteiger partial charge on any atom is -0.358 e. The first kappa shape index (κ1) is 21.7. The lowest BCUT2D eigenvalue weighted by Gasteiger charge is -2.40. The predicted molar refractivity (Wildman–Crippen MR) is 127 cm³/mol. The van der Waals surface area contributed by atoms with Gasteiger partial charge < -0.3 is 15.1 Å². The van der Waals surface area contributed by atoms with Crippen molar-refractivity contribution in [3.63, 3.8) is 0 Å². The topological polar surface area (TPSA) is 82.6 Å². The average Bonchev–Trinajstić information content (AvgIpc) is 3.13. The van der Waals surface area contributed by atoms with Crippen LogP contribution in [-0.2, 0) is 15.0 Å². The summed E-state index contributed by atoms with van der Waals surface area (Å²) in [6, 6.07) is 10.4. The molecule has 0 bridgehead atoms. The zero-order valence-corrected chi connectivity index (χ0v) is 19.3. The monoisotopic (exact) mass is 482 g/mol. The fourth-order valence-corrected chi connectivity index (χ4v) is 5.21. The fraction of sp³-hybridized carbons (Fsp3) is 0.250. The van der Waals surface area contributed by atoms with Gasteiger partial charge in [0.05, 0.1) is 23.8 Å². The van der Waals surface area contributed by atoms with E-state index in [4.69, 9.17) is 23.2 Å². The molecule has 33 heavy (non-hydrogen) atoms. The Balaban J connectivity index is 1.63. The number of nitrogens with zero attached hydrogens (tertiary/aromatic N) is 3. The number of nitrogens with one attached hydrogen (secondary N) is 1. The molecule has 5 rings (SSSR count). The number of amides is 3. The van der Waals surface area contributed by atoms with Crippen LogP contribution >= 0.6 is 23.2 Å². The van der Waals surface area contributed by atoms with E-state index in [1.165, 1.54) is 11.9 Å². The van der Waals surface area contributed by atoms with Gasteiger partial charge in [-0.15, -0.1) is 0 Å². The summed E-state index contributed by atoms with van der Waals surface area (Å²) in [6.07, 6.45) is 3.85. The molecule has 0 radical (unpaired) electrons. The molecule has 2 aromatic carbocycles. The van der Waals surface area contributed by atoms with Gasteiger partial charge in [0, 0.05) is 52.7 Å². The van der Waals surface area contributed by atoms with Crippen molar-refractivity contribution < 1.29 is 14.4 Å². The van der Waals surface area contributed by atoms with E-state index in [2.05, 4.69) is 10.3 Å². The molecule has 9 heteroatoms. The molecule has 2 aliphatic rings. The summed E-state index contributed by atoms with van der Waals surface area (Å²) >= 11 is 12.5. The number of hydrogen-bond donors (Lipinski definition) is 1. The minimum atomic E-state index is -1.01. The summed E-state index contributed by atoms with van der Waals surface area (Å²) in [7, 11) is 1.52. The van der Waals surface area contributed by atoms with E-state index < -0.39 is 5.41 Å². The highest BCUT2D eigenvalue weighted by Crippen LogP contribution is 2.45. The van der Waals surface area contributed by atoms with Gasteiger partial charge in [0.15, 0.2) is 0 Å². The lowest BCUT2D eigenvalue weighted by molar-refractivity contribution is -0.125. The van der Waals surface area contributed by atoms with Crippen LogP contribution < -0.4 is 10.2 Å². The third kappa shape index (κ3) is 3.43. The highest BCUT2D eigenvalue weighted by atomic mass is 35.5. The van der Waals surface area contributed by atoms with Crippen LogP contribution in [0.4, 0.5) is 5.69 Å². The van der Waals surface area contributed by atoms with Crippen LogP contribution in [0.5, 0.6) is 0 Å². The molecule has 1 spiro atoms. The van der Waals surface area contributed by atoms with Crippen molar-refractivity contribution in [3.8, 4) is 0 Å². The summed E-state index contributed by atoms with van der Waals surface area (Å²) < 4.78 is 0. The lowest BCUT2D eigenvalue weighted by atomic mass is 9.73. The number of carbonyl (C=O) groups excluding carboxylic acids is 3. The molecule has 3 amide bonds. The molecule has 3 heterocycles. The van der Waals surface area contributed by atoms with E-state index >= 15 is 0 Å². The van der Waals surface area contributed by atoms with E-state index in [1.807, 2.05) is 12.1 Å². The second kappa shape index (κ2) is 8.01. The molecule has 3 aromatic rings. The molecular weight excluding hydrogens is 463 g/mol. The zero-order valence-electron chi connectivity index (χ0n) is 17.8. The van der Waals surface area contributed by atoms with Gasteiger partial charge in [0.1, 0.15) is 0 Å². The number of rotatable bonds is 3. The van der Waals surface area contributed by atoms with Crippen LogP contribution in [0.3, 0.4) is 0 Å². The summed E-state index contributed by atoms with van der Waals surface area (Å²) in [4.78, 5) is 46.8. The third-order valence-corrected chi connectivity index (χ3v) is 6.97. The lowest BCUT2D eigenvalue weighted by Crippen LogP contribution is -2.55. The number of anilines is 1. The molecule has 1 saturated heterocycles. The van der Waals surface area contributed by atoms with E-state index in [0.29, 0.717) is 39.8 Å². The molecule has 1 N–H and O–H groups in total. The SMILES string of the molecule is CNC(=O)CN1C[C@]2(CCN(c3cncc4ccc(Cl)cc34)C2=O)c2cc(Cl)ccc2C1=O. The quantitative estimate of drug-likeness (QED) is 0.619. The van der Waals surface area contributed by atoms with Crippen LogP contribution in [0.15, 0.2) is 48.8 Å². The number of fused-ring (bicyclic) bond motifs is 3. The predicted octanol–water partition coefficient (Wildman–Crippen LogP) is 3.42. The van der Waals surface area contributed by atoms with Gasteiger partial charge in [-0.3, -0.25) is 19.4 Å². The van der Waals surface area contributed by atoms with Gasteiger partial charge in [-0.2, -0.15) is 0 Å². The smallest absolute Gasteiger partial charge is 0.254 e. The molecule has 1 aromatic heterocycles. The molecule has 168 valence electrons. The molecular formula is C24H20Cl2N4O3. The first-order chi connectivity index (χ1) is 15.8. The van der Waals surface area contributed by atoms with Gasteiger partial charge in [0.2, 0.25) is 11.8 Å². The summed E-state index contributed by atoms with van der Waals surface area (Å²) in [5.41, 5.74) is 0.647. The Hall–Kier alpha value is -3.16. The Labute approximate surface area is 200 Å². The van der Waals surface area contributed by atoms with Crippen LogP contribution in [0.2, 0.25) is 10.0 Å². The number of likely N-dealkylation sites (N-methyl/N-ethyl adjacent to an activating group) is 1. The maximum absolute atomic E-state index is 14.1. The van der Waals surface area contributed by atoms with Gasteiger partial charge >= 0.3 is 0 Å². The van der Waals surface area contributed by atoms with Crippen molar-refractivity contribution in [3.05, 3.63) is 70.0 Å². The Bertz CT molecular complexity index is 1330. The number of pyridine rings is 1. The van der Waals surface area contributed by atoms with Gasteiger partial charge in [-0.1, -0.05) is 29.3 Å². The van der Waals surface area contributed by atoms with Crippen LogP contribution in [-0.4, -0.2) is 54.3 Å². The second-order valence-corrected chi connectivity index (χ2v) is 9.21. The second-order valence-electron chi connectivity index (χ2n) is 8.34. The van der Waals surface area contributed by atoms with E-state index in [0.717, 1.165) is 10.8 Å². The number of hydrogen-bond acceptors (Lipinski definition) is 4. The first-order valence-corrected chi connectivity index (χ1v) is 11.2.